The van der Waals surface area contributed by atoms with E-state index in [1.54, 1.807) is 0 Å². The fraction of sp³-hybridized carbons (Fsp3) is 0.321. The van der Waals surface area contributed by atoms with Crippen molar-refractivity contribution in [2.75, 3.05) is 6.61 Å². The highest BCUT2D eigenvalue weighted by molar-refractivity contribution is 7.13. The molecule has 0 spiro atoms. The number of benzene rings is 3. The quantitative estimate of drug-likeness (QED) is 0.300. The molecule has 0 fully saturated rings. The van der Waals surface area contributed by atoms with E-state index in [1.807, 2.05) is 18.2 Å². The molecule has 32 heavy (non-hydrogen) atoms. The predicted octanol–water partition coefficient (Wildman–Crippen LogP) is 4.92. The monoisotopic (exact) mass is 460 g/mol. The molecule has 0 aliphatic rings. The van der Waals surface area contributed by atoms with Crippen LogP contribution in [0.4, 0.5) is 0 Å². The SMILES string of the molecule is CC(C)C[Si](OCCCC(=O)[Si](C)(C)c1ccccc1)(c1ccccc1)c1ccccc1. The van der Waals surface area contributed by atoms with Crippen LogP contribution < -0.4 is 15.6 Å². The number of hydrogen-bond acceptors (Lipinski definition) is 2. The normalized spacial score (nSPS) is 12.2. The second kappa shape index (κ2) is 11.0. The van der Waals surface area contributed by atoms with E-state index in [4.69, 9.17) is 4.43 Å². The maximum atomic E-state index is 13.1. The summed E-state index contributed by atoms with van der Waals surface area (Å²) in [7, 11) is -4.51. The first-order valence-corrected chi connectivity index (χ1v) is 16.8. The molecule has 0 aliphatic carbocycles. The highest BCUT2D eigenvalue weighted by Gasteiger charge is 2.40. The summed E-state index contributed by atoms with van der Waals surface area (Å²) in [6, 6.07) is 32.8. The average molecular weight is 461 g/mol. The Morgan fingerprint density at radius 1 is 0.750 bits per heavy atom. The Morgan fingerprint density at radius 3 is 1.62 bits per heavy atom. The first-order valence-electron chi connectivity index (χ1n) is 11.7. The second-order valence-electron chi connectivity index (χ2n) is 9.52. The highest BCUT2D eigenvalue weighted by atomic mass is 28.4. The molecule has 0 unspecified atom stereocenters. The Labute approximate surface area is 195 Å². The molecule has 3 aromatic carbocycles. The van der Waals surface area contributed by atoms with Crippen molar-refractivity contribution in [1.82, 2.24) is 0 Å². The lowest BCUT2D eigenvalue weighted by atomic mass is 10.3. The molecule has 0 atom stereocenters. The van der Waals surface area contributed by atoms with Crippen LogP contribution >= 0.6 is 0 Å². The third-order valence-corrected chi connectivity index (χ3v) is 14.3. The van der Waals surface area contributed by atoms with Crippen molar-refractivity contribution in [2.45, 2.75) is 45.8 Å². The lowest BCUT2D eigenvalue weighted by Gasteiger charge is -2.34. The molecular weight excluding hydrogens is 424 g/mol. The van der Waals surface area contributed by atoms with Gasteiger partial charge in [0, 0.05) is 13.0 Å². The minimum absolute atomic E-state index is 0.405. The van der Waals surface area contributed by atoms with Gasteiger partial charge < -0.3 is 9.22 Å². The van der Waals surface area contributed by atoms with Gasteiger partial charge in [-0.05, 0) is 28.8 Å². The molecule has 0 N–H and O–H groups in total. The molecule has 4 heteroatoms. The zero-order chi connectivity index (χ0) is 23.0. The molecule has 0 aromatic heterocycles. The molecule has 3 rings (SSSR count). The van der Waals surface area contributed by atoms with Gasteiger partial charge in [0.25, 0.3) is 8.32 Å². The van der Waals surface area contributed by atoms with Gasteiger partial charge >= 0.3 is 0 Å². The standard InChI is InChI=1S/C28H36O2Si2/c1-24(2)23-32(26-17-10-6-11-18-26,27-19-12-7-13-20-27)30-22-14-21-28(29)31(3,4)25-15-8-5-9-16-25/h5-13,15-20,24H,14,21-23H2,1-4H3. The fourth-order valence-corrected chi connectivity index (χ4v) is 10.9. The van der Waals surface area contributed by atoms with Gasteiger partial charge in [-0.15, -0.1) is 0 Å². The Morgan fingerprint density at radius 2 is 1.19 bits per heavy atom. The molecule has 0 radical (unpaired) electrons. The number of rotatable bonds is 11. The first kappa shape index (κ1) is 24.4. The van der Waals surface area contributed by atoms with Crippen LogP contribution in [-0.4, -0.2) is 28.4 Å². The van der Waals surface area contributed by atoms with E-state index in [0.29, 0.717) is 24.4 Å². The van der Waals surface area contributed by atoms with Gasteiger partial charge in [-0.3, -0.25) is 0 Å². The zero-order valence-electron chi connectivity index (χ0n) is 19.9. The summed E-state index contributed by atoms with van der Waals surface area (Å²) in [5, 5.41) is 4.24. The first-order chi connectivity index (χ1) is 15.4. The lowest BCUT2D eigenvalue weighted by Crippen LogP contribution is -2.61. The van der Waals surface area contributed by atoms with Crippen LogP contribution in [0.15, 0.2) is 91.0 Å². The van der Waals surface area contributed by atoms with E-state index in [2.05, 4.69) is 99.7 Å². The molecule has 3 aromatic rings. The zero-order valence-corrected chi connectivity index (χ0v) is 21.9. The summed E-state index contributed by atoms with van der Waals surface area (Å²) in [6.45, 7) is 9.49. The number of carbonyl (C=O) groups excluding carboxylic acids is 1. The topological polar surface area (TPSA) is 26.3 Å². The van der Waals surface area contributed by atoms with Crippen LogP contribution in [-0.2, 0) is 9.22 Å². The van der Waals surface area contributed by atoms with Crippen LogP contribution in [0.5, 0.6) is 0 Å². The maximum Gasteiger partial charge on any atom is 0.255 e. The lowest BCUT2D eigenvalue weighted by molar-refractivity contribution is -0.112. The molecule has 0 saturated heterocycles. The van der Waals surface area contributed by atoms with Gasteiger partial charge in [0.05, 0.1) is 0 Å². The van der Waals surface area contributed by atoms with Gasteiger partial charge in [-0.2, -0.15) is 0 Å². The van der Waals surface area contributed by atoms with E-state index in [1.165, 1.54) is 15.6 Å². The molecule has 0 heterocycles. The number of hydrogen-bond donors (Lipinski definition) is 0. The molecule has 0 saturated carbocycles. The van der Waals surface area contributed by atoms with Crippen molar-refractivity contribution >= 4 is 37.4 Å². The van der Waals surface area contributed by atoms with Gasteiger partial charge in [0.15, 0.2) is 8.07 Å². The van der Waals surface area contributed by atoms with Crippen molar-refractivity contribution in [3.05, 3.63) is 91.0 Å². The summed E-state index contributed by atoms with van der Waals surface area (Å²) >= 11 is 0. The summed E-state index contributed by atoms with van der Waals surface area (Å²) in [4.78, 5) is 13.1. The fourth-order valence-electron chi connectivity index (χ4n) is 4.43. The van der Waals surface area contributed by atoms with Crippen molar-refractivity contribution in [2.24, 2.45) is 5.92 Å². The van der Waals surface area contributed by atoms with Gasteiger partial charge in [0.2, 0.25) is 0 Å². The predicted molar refractivity (Wildman–Crippen MR) is 141 cm³/mol. The van der Waals surface area contributed by atoms with Crippen LogP contribution in [0.1, 0.15) is 26.7 Å². The third kappa shape index (κ3) is 5.74. The Bertz CT molecular complexity index is 931. The largest absolute Gasteiger partial charge is 0.408 e. The summed E-state index contributed by atoms with van der Waals surface area (Å²) in [5.74, 6) is 0.521. The van der Waals surface area contributed by atoms with E-state index in [9.17, 15) is 4.79 Å². The van der Waals surface area contributed by atoms with Gasteiger partial charge in [0.1, 0.15) is 5.41 Å². The maximum absolute atomic E-state index is 13.1. The van der Waals surface area contributed by atoms with Crippen LogP contribution in [0.3, 0.4) is 0 Å². The van der Waals surface area contributed by atoms with Crippen LogP contribution in [0, 0.1) is 5.92 Å². The highest BCUT2D eigenvalue weighted by Crippen LogP contribution is 2.20. The Kier molecular flexibility index (Phi) is 8.40. The third-order valence-electron chi connectivity index (χ3n) is 6.27. The average Bonchev–Trinajstić information content (AvgIpc) is 2.82. The molecule has 0 amide bonds. The summed E-state index contributed by atoms with van der Waals surface area (Å²) in [6.07, 6.45) is 1.36. The van der Waals surface area contributed by atoms with E-state index in [0.717, 1.165) is 12.5 Å². The van der Waals surface area contributed by atoms with Crippen LogP contribution in [0.2, 0.25) is 19.1 Å². The minimum atomic E-state index is -2.39. The van der Waals surface area contributed by atoms with Crippen molar-refractivity contribution < 1.29 is 9.22 Å². The van der Waals surface area contributed by atoms with E-state index < -0.39 is 16.4 Å². The van der Waals surface area contributed by atoms with Crippen LogP contribution in [0.25, 0.3) is 0 Å². The van der Waals surface area contributed by atoms with Gasteiger partial charge in [-0.25, -0.2) is 0 Å². The second-order valence-corrected chi connectivity index (χ2v) is 17.4. The smallest absolute Gasteiger partial charge is 0.255 e. The summed E-state index contributed by atoms with van der Waals surface area (Å²) in [5.41, 5.74) is 0. The number of carbonyl (C=O) groups is 1. The minimum Gasteiger partial charge on any atom is -0.408 e. The summed E-state index contributed by atoms with van der Waals surface area (Å²) < 4.78 is 6.88. The van der Waals surface area contributed by atoms with E-state index >= 15 is 0 Å². The molecule has 168 valence electrons. The van der Waals surface area contributed by atoms with E-state index in [-0.39, 0.29) is 0 Å². The van der Waals surface area contributed by atoms with Crippen molar-refractivity contribution in [3.8, 4) is 0 Å². The van der Waals surface area contributed by atoms with Gasteiger partial charge in [-0.1, -0.05) is 123 Å². The molecular formula is C28H36O2Si2. The Hall–Kier alpha value is -2.28. The molecule has 2 nitrogen and oxygen atoms in total. The molecule has 0 aliphatic heterocycles. The Balaban J connectivity index is 1.77. The molecule has 0 bridgehead atoms. The van der Waals surface area contributed by atoms with Crippen molar-refractivity contribution in [1.29, 1.82) is 0 Å². The van der Waals surface area contributed by atoms with Crippen molar-refractivity contribution in [3.63, 3.8) is 0 Å².